The number of halogens is 2. The normalized spacial score (nSPS) is 11.0. The third kappa shape index (κ3) is 4.87. The third-order valence-corrected chi connectivity index (χ3v) is 5.59. The molecule has 0 amide bonds. The van der Waals surface area contributed by atoms with E-state index in [9.17, 15) is 23.5 Å². The summed E-state index contributed by atoms with van der Waals surface area (Å²) in [4.78, 5) is 32.5. The Hall–Kier alpha value is -5.06. The predicted octanol–water partition coefficient (Wildman–Crippen LogP) is 4.45. The van der Waals surface area contributed by atoms with Crippen molar-refractivity contribution in [2.45, 2.75) is 13.0 Å². The molecule has 0 radical (unpaired) electrons. The molecule has 9 nitrogen and oxygen atoms in total. The number of carboxylic acids is 1. The van der Waals surface area contributed by atoms with Crippen LogP contribution < -0.4 is 0 Å². The van der Waals surface area contributed by atoms with E-state index in [1.165, 1.54) is 41.3 Å². The first-order valence-corrected chi connectivity index (χ1v) is 11.0. The molecule has 2 aromatic carbocycles. The molecule has 0 saturated heterocycles. The van der Waals surface area contributed by atoms with Crippen LogP contribution in [0.3, 0.4) is 0 Å². The number of benzene rings is 2. The molecule has 0 aliphatic carbocycles. The maximum absolute atomic E-state index is 14.6. The quantitative estimate of drug-likeness (QED) is 0.310. The number of hydrogen-bond acceptors (Lipinski definition) is 7. The van der Waals surface area contributed by atoms with Crippen molar-refractivity contribution in [1.82, 2.24) is 24.9 Å². The minimum atomic E-state index is -1.27. The first-order valence-electron chi connectivity index (χ1n) is 11.0. The van der Waals surface area contributed by atoms with Crippen LogP contribution in [-0.2, 0) is 13.0 Å². The molecule has 0 fully saturated rings. The number of aromatic carboxylic acids is 1. The monoisotopic (exact) mass is 501 g/mol. The molecule has 3 heterocycles. The maximum Gasteiger partial charge on any atom is 0.336 e. The molecule has 5 aromatic rings. The predicted molar refractivity (Wildman–Crippen MR) is 126 cm³/mol. The van der Waals surface area contributed by atoms with Gasteiger partial charge in [-0.3, -0.25) is 9.48 Å². The highest BCUT2D eigenvalue weighted by Gasteiger charge is 2.21. The lowest BCUT2D eigenvalue weighted by Gasteiger charge is -2.07. The Morgan fingerprint density at radius 1 is 0.946 bits per heavy atom. The molecule has 0 aliphatic rings. The van der Waals surface area contributed by atoms with E-state index in [0.29, 0.717) is 17.0 Å². The number of ketones is 1. The van der Waals surface area contributed by atoms with Crippen molar-refractivity contribution in [2.24, 2.45) is 0 Å². The van der Waals surface area contributed by atoms with Crippen molar-refractivity contribution < 1.29 is 28.0 Å². The Labute approximate surface area is 208 Å². The van der Waals surface area contributed by atoms with E-state index in [-0.39, 0.29) is 34.9 Å². The van der Waals surface area contributed by atoms with Gasteiger partial charge >= 0.3 is 5.97 Å². The fourth-order valence-electron chi connectivity index (χ4n) is 3.80. The first kappa shape index (κ1) is 23.7. The molecule has 1 N–H and O–H groups in total. The number of nitrogens with zero attached hydrogens (tertiary/aromatic N) is 5. The highest BCUT2D eigenvalue weighted by Crippen LogP contribution is 2.25. The van der Waals surface area contributed by atoms with Gasteiger partial charge in [-0.1, -0.05) is 41.6 Å². The number of carboxylic acid groups (broad SMARTS) is 1. The minimum Gasteiger partial charge on any atom is -0.478 e. The van der Waals surface area contributed by atoms with Gasteiger partial charge in [0.05, 0.1) is 36.1 Å². The van der Waals surface area contributed by atoms with E-state index in [1.807, 2.05) is 0 Å². The highest BCUT2D eigenvalue weighted by molar-refractivity contribution is 6.06. The summed E-state index contributed by atoms with van der Waals surface area (Å²) in [5.41, 5.74) is 1.05. The standard InChI is InChI=1S/C26H17F2N5O4/c27-18-8-4-1-5-15(18)14-33-23(20-9-10-37-32-20)11-22(31-33)25-29-13-19(28)21(30-25)12-24(34)16-6-2-3-7-17(16)26(35)36/h1-11,13H,12,14H2,(H,35,36). The smallest absolute Gasteiger partial charge is 0.336 e. The lowest BCUT2D eigenvalue weighted by molar-refractivity contribution is 0.0692. The van der Waals surface area contributed by atoms with Crippen molar-refractivity contribution in [3.63, 3.8) is 0 Å². The summed E-state index contributed by atoms with van der Waals surface area (Å²) in [6, 6.07) is 15.1. The van der Waals surface area contributed by atoms with E-state index in [1.54, 1.807) is 30.3 Å². The summed E-state index contributed by atoms with van der Waals surface area (Å²) < 4.78 is 35.3. The van der Waals surface area contributed by atoms with Gasteiger partial charge in [0.2, 0.25) is 0 Å². The summed E-state index contributed by atoms with van der Waals surface area (Å²) in [7, 11) is 0. The topological polar surface area (TPSA) is 124 Å². The first-order chi connectivity index (χ1) is 17.9. The van der Waals surface area contributed by atoms with Crippen LogP contribution in [0.25, 0.3) is 22.9 Å². The molecule has 3 aromatic heterocycles. The van der Waals surface area contributed by atoms with E-state index < -0.39 is 29.8 Å². The largest absolute Gasteiger partial charge is 0.478 e. The lowest BCUT2D eigenvalue weighted by atomic mass is 10.0. The lowest BCUT2D eigenvalue weighted by Crippen LogP contribution is -2.13. The molecular weight excluding hydrogens is 484 g/mol. The second-order valence-corrected chi connectivity index (χ2v) is 7.99. The number of carbonyl (C=O) groups is 2. The van der Waals surface area contributed by atoms with Crippen molar-refractivity contribution in [3.05, 3.63) is 107 Å². The van der Waals surface area contributed by atoms with Gasteiger partial charge in [0.15, 0.2) is 17.4 Å². The number of rotatable bonds is 8. The van der Waals surface area contributed by atoms with Crippen LogP contribution in [0.2, 0.25) is 0 Å². The van der Waals surface area contributed by atoms with Gasteiger partial charge in [-0.05, 0) is 18.2 Å². The van der Waals surface area contributed by atoms with Crippen LogP contribution in [0.5, 0.6) is 0 Å². The Balaban J connectivity index is 1.50. The molecule has 0 aliphatic heterocycles. The SMILES string of the molecule is O=C(O)c1ccccc1C(=O)Cc1nc(-c2cc(-c3ccon3)n(Cc3ccccc3F)n2)ncc1F. The molecule has 37 heavy (non-hydrogen) atoms. The molecule has 184 valence electrons. The van der Waals surface area contributed by atoms with Gasteiger partial charge < -0.3 is 9.63 Å². The van der Waals surface area contributed by atoms with Crippen LogP contribution >= 0.6 is 0 Å². The fourth-order valence-corrected chi connectivity index (χ4v) is 3.80. The zero-order valence-corrected chi connectivity index (χ0v) is 19.0. The number of hydrogen-bond donors (Lipinski definition) is 1. The molecule has 5 rings (SSSR count). The highest BCUT2D eigenvalue weighted by atomic mass is 19.1. The van der Waals surface area contributed by atoms with Gasteiger partial charge in [-0.2, -0.15) is 5.10 Å². The van der Waals surface area contributed by atoms with Crippen LogP contribution in [0.1, 0.15) is 32.0 Å². The number of carbonyl (C=O) groups excluding carboxylic acids is 1. The van der Waals surface area contributed by atoms with Crippen molar-refractivity contribution >= 4 is 11.8 Å². The van der Waals surface area contributed by atoms with Crippen molar-refractivity contribution in [1.29, 1.82) is 0 Å². The zero-order valence-electron chi connectivity index (χ0n) is 19.0. The van der Waals surface area contributed by atoms with Crippen LogP contribution in [-0.4, -0.2) is 41.8 Å². The second kappa shape index (κ2) is 9.90. The van der Waals surface area contributed by atoms with Crippen LogP contribution in [0.4, 0.5) is 8.78 Å². The summed E-state index contributed by atoms with van der Waals surface area (Å²) in [5, 5.41) is 17.8. The third-order valence-electron chi connectivity index (χ3n) is 5.59. The van der Waals surface area contributed by atoms with Gasteiger partial charge in [0.25, 0.3) is 0 Å². The Kier molecular flexibility index (Phi) is 6.33. The molecule has 0 saturated carbocycles. The zero-order chi connectivity index (χ0) is 25.9. The van der Waals surface area contributed by atoms with Gasteiger partial charge in [0.1, 0.15) is 23.5 Å². The Morgan fingerprint density at radius 2 is 1.70 bits per heavy atom. The van der Waals surface area contributed by atoms with E-state index in [4.69, 9.17) is 4.52 Å². The van der Waals surface area contributed by atoms with Crippen LogP contribution in [0.15, 0.2) is 77.6 Å². The van der Waals surface area contributed by atoms with E-state index in [2.05, 4.69) is 20.2 Å². The molecule has 0 unspecified atom stereocenters. The average Bonchev–Trinajstić information content (AvgIpc) is 3.57. The second-order valence-electron chi connectivity index (χ2n) is 7.99. The van der Waals surface area contributed by atoms with Crippen molar-refractivity contribution in [2.75, 3.05) is 0 Å². The fraction of sp³-hybridized carbons (Fsp3) is 0.0769. The molecule has 11 heteroatoms. The van der Waals surface area contributed by atoms with Gasteiger partial charge in [0, 0.05) is 17.2 Å². The maximum atomic E-state index is 14.6. The molecule has 0 spiro atoms. The summed E-state index contributed by atoms with van der Waals surface area (Å²) in [5.74, 6) is -3.10. The van der Waals surface area contributed by atoms with E-state index >= 15 is 0 Å². The number of Topliss-reactive ketones (excluding diaryl/α,β-unsaturated/α-hetero) is 1. The Morgan fingerprint density at radius 3 is 2.43 bits per heavy atom. The van der Waals surface area contributed by atoms with Gasteiger partial charge in [-0.15, -0.1) is 0 Å². The average molecular weight is 501 g/mol. The molecule has 0 atom stereocenters. The van der Waals surface area contributed by atoms with Crippen LogP contribution in [0, 0.1) is 11.6 Å². The summed E-state index contributed by atoms with van der Waals surface area (Å²) >= 11 is 0. The number of aromatic nitrogens is 5. The summed E-state index contributed by atoms with van der Waals surface area (Å²) in [6.07, 6.45) is 1.81. The minimum absolute atomic E-state index is 0.0211. The molecule has 0 bridgehead atoms. The molecular formula is C26H17F2N5O4. The summed E-state index contributed by atoms with van der Waals surface area (Å²) in [6.45, 7) is 0.0629. The Bertz CT molecular complexity index is 1620. The van der Waals surface area contributed by atoms with E-state index in [0.717, 1.165) is 6.20 Å². The van der Waals surface area contributed by atoms with Crippen molar-refractivity contribution in [3.8, 4) is 22.9 Å². The van der Waals surface area contributed by atoms with Gasteiger partial charge in [-0.25, -0.2) is 23.5 Å².